The van der Waals surface area contributed by atoms with E-state index in [0.717, 1.165) is 36.3 Å². The van der Waals surface area contributed by atoms with Crippen molar-refractivity contribution in [3.8, 4) is 0 Å². The molecule has 3 N–H and O–H groups in total. The average molecular weight is 276 g/mol. The molecule has 0 aliphatic heterocycles. The average Bonchev–Trinajstić information content (AvgIpc) is 2.76. The van der Waals surface area contributed by atoms with Gasteiger partial charge in [-0.05, 0) is 26.7 Å². The normalized spacial score (nSPS) is 17.6. The molecule has 0 bridgehead atoms. The van der Waals surface area contributed by atoms with Gasteiger partial charge in [0.1, 0.15) is 0 Å². The number of carbonyl (C=O) groups is 1. The van der Waals surface area contributed by atoms with Gasteiger partial charge in [0.15, 0.2) is 5.13 Å². The van der Waals surface area contributed by atoms with E-state index in [4.69, 9.17) is 5.73 Å². The molecule has 0 unspecified atom stereocenters. The van der Waals surface area contributed by atoms with Crippen LogP contribution in [-0.2, 0) is 4.79 Å². The lowest BCUT2D eigenvalue weighted by atomic mass is 9.98. The molecular weight excluding hydrogens is 258 g/mol. The summed E-state index contributed by atoms with van der Waals surface area (Å²) in [6, 6.07) is 0. The number of rotatable bonds is 2. The van der Waals surface area contributed by atoms with Gasteiger partial charge in [-0.25, -0.2) is 4.98 Å². The lowest BCUT2D eigenvalue weighted by Gasteiger charge is -2.21. The summed E-state index contributed by atoms with van der Waals surface area (Å²) in [4.78, 5) is 17.4. The number of thiazole rings is 1. The van der Waals surface area contributed by atoms with Crippen molar-refractivity contribution in [1.29, 1.82) is 0 Å². The number of carbonyl (C=O) groups excluding carboxylic acids is 1. The van der Waals surface area contributed by atoms with Crippen molar-refractivity contribution in [2.45, 2.75) is 45.1 Å². The largest absolute Gasteiger partial charge is 0.317 e. The van der Waals surface area contributed by atoms with E-state index < -0.39 is 5.54 Å². The first-order valence-electron chi connectivity index (χ1n) is 5.56. The number of nitrogens with zero attached hydrogens (tertiary/aromatic N) is 1. The van der Waals surface area contributed by atoms with Crippen LogP contribution in [0.1, 0.15) is 36.3 Å². The molecule has 96 valence electrons. The molecule has 1 aromatic heterocycles. The fraction of sp³-hybridized carbons (Fsp3) is 0.636. The molecule has 1 heterocycles. The number of amides is 1. The molecule has 2 rings (SSSR count). The van der Waals surface area contributed by atoms with Gasteiger partial charge in [0, 0.05) is 4.88 Å². The number of hydrogen-bond donors (Lipinski definition) is 2. The molecule has 1 aliphatic carbocycles. The number of halogens is 1. The van der Waals surface area contributed by atoms with E-state index >= 15 is 0 Å². The molecule has 1 aliphatic rings. The summed E-state index contributed by atoms with van der Waals surface area (Å²) in [5.41, 5.74) is 6.36. The number of nitrogens with one attached hydrogen (secondary N) is 1. The van der Waals surface area contributed by atoms with Crippen LogP contribution in [0.15, 0.2) is 0 Å². The third kappa shape index (κ3) is 2.97. The summed E-state index contributed by atoms with van der Waals surface area (Å²) in [6.07, 6.45) is 3.64. The Morgan fingerprint density at radius 1 is 1.41 bits per heavy atom. The molecule has 0 saturated heterocycles. The molecule has 0 spiro atoms. The molecular formula is C11H18ClN3OS. The summed E-state index contributed by atoms with van der Waals surface area (Å²) in [5.74, 6) is -0.0845. The van der Waals surface area contributed by atoms with Gasteiger partial charge in [-0.1, -0.05) is 12.8 Å². The second kappa shape index (κ2) is 5.33. The standard InChI is InChI=1S/C11H17N3OS.ClH/c1-7-8(2)16-10(13-7)14-9(15)11(12)5-3-4-6-11;/h3-6,12H2,1-2H3,(H,13,14,15);1H. The van der Waals surface area contributed by atoms with Crippen molar-refractivity contribution in [2.75, 3.05) is 5.32 Å². The third-order valence-corrected chi connectivity index (χ3v) is 4.19. The minimum Gasteiger partial charge on any atom is -0.317 e. The second-order valence-electron chi connectivity index (χ2n) is 4.48. The zero-order valence-electron chi connectivity index (χ0n) is 10.1. The van der Waals surface area contributed by atoms with Gasteiger partial charge < -0.3 is 11.1 Å². The van der Waals surface area contributed by atoms with Crippen LogP contribution >= 0.6 is 23.7 Å². The predicted octanol–water partition coefficient (Wildman–Crippen LogP) is 2.39. The van der Waals surface area contributed by atoms with Gasteiger partial charge in [0.05, 0.1) is 11.2 Å². The van der Waals surface area contributed by atoms with Gasteiger partial charge in [-0.2, -0.15) is 0 Å². The maximum Gasteiger partial charge on any atom is 0.246 e. The van der Waals surface area contributed by atoms with Crippen LogP contribution in [0.2, 0.25) is 0 Å². The fourth-order valence-electron chi connectivity index (χ4n) is 1.98. The molecule has 1 saturated carbocycles. The molecule has 6 heteroatoms. The molecule has 4 nitrogen and oxygen atoms in total. The molecule has 0 radical (unpaired) electrons. The summed E-state index contributed by atoms with van der Waals surface area (Å²) in [5, 5.41) is 3.49. The second-order valence-corrected chi connectivity index (χ2v) is 5.68. The van der Waals surface area contributed by atoms with E-state index in [0.29, 0.717) is 5.13 Å². The SMILES string of the molecule is Cc1nc(NC(=O)C2(N)CCCC2)sc1C.Cl. The highest BCUT2D eigenvalue weighted by atomic mass is 35.5. The number of hydrogen-bond acceptors (Lipinski definition) is 4. The van der Waals surface area contributed by atoms with E-state index in [-0.39, 0.29) is 18.3 Å². The molecule has 1 fully saturated rings. The van der Waals surface area contributed by atoms with Crippen molar-refractivity contribution in [3.05, 3.63) is 10.6 Å². The molecule has 17 heavy (non-hydrogen) atoms. The van der Waals surface area contributed by atoms with E-state index in [2.05, 4.69) is 10.3 Å². The fourth-order valence-corrected chi connectivity index (χ4v) is 2.79. The Hall–Kier alpha value is -0.650. The van der Waals surface area contributed by atoms with Gasteiger partial charge in [-0.3, -0.25) is 4.79 Å². The first kappa shape index (κ1) is 14.4. The topological polar surface area (TPSA) is 68.0 Å². The van der Waals surface area contributed by atoms with E-state index in [1.807, 2.05) is 13.8 Å². The maximum atomic E-state index is 12.0. The quantitative estimate of drug-likeness (QED) is 0.871. The summed E-state index contributed by atoms with van der Waals surface area (Å²) >= 11 is 1.50. The number of aromatic nitrogens is 1. The van der Waals surface area contributed by atoms with Crippen molar-refractivity contribution in [1.82, 2.24) is 4.98 Å². The van der Waals surface area contributed by atoms with Crippen LogP contribution in [0.4, 0.5) is 5.13 Å². The Labute approximate surface area is 111 Å². The third-order valence-electron chi connectivity index (χ3n) is 3.20. The highest BCUT2D eigenvalue weighted by molar-refractivity contribution is 7.15. The van der Waals surface area contributed by atoms with Crippen LogP contribution in [0.5, 0.6) is 0 Å². The first-order valence-corrected chi connectivity index (χ1v) is 6.37. The lowest BCUT2D eigenvalue weighted by Crippen LogP contribution is -2.48. The number of anilines is 1. The van der Waals surface area contributed by atoms with E-state index in [1.165, 1.54) is 11.3 Å². The Morgan fingerprint density at radius 2 is 2.00 bits per heavy atom. The summed E-state index contributed by atoms with van der Waals surface area (Å²) < 4.78 is 0. The van der Waals surface area contributed by atoms with Crippen molar-refractivity contribution in [3.63, 3.8) is 0 Å². The molecule has 0 atom stereocenters. The Kier molecular flexibility index (Phi) is 4.52. The van der Waals surface area contributed by atoms with Gasteiger partial charge >= 0.3 is 0 Å². The van der Waals surface area contributed by atoms with Gasteiger partial charge in [-0.15, -0.1) is 23.7 Å². The van der Waals surface area contributed by atoms with Crippen LogP contribution in [0.25, 0.3) is 0 Å². The smallest absolute Gasteiger partial charge is 0.246 e. The van der Waals surface area contributed by atoms with Gasteiger partial charge in [0.25, 0.3) is 0 Å². The minimum absolute atomic E-state index is 0. The van der Waals surface area contributed by atoms with Crippen LogP contribution in [-0.4, -0.2) is 16.4 Å². The Balaban J connectivity index is 0.00000144. The summed E-state index contributed by atoms with van der Waals surface area (Å²) in [6.45, 7) is 3.94. The van der Waals surface area contributed by atoms with E-state index in [1.54, 1.807) is 0 Å². The van der Waals surface area contributed by atoms with Crippen molar-refractivity contribution in [2.24, 2.45) is 5.73 Å². The van der Waals surface area contributed by atoms with E-state index in [9.17, 15) is 4.79 Å². The zero-order valence-corrected chi connectivity index (χ0v) is 11.7. The monoisotopic (exact) mass is 275 g/mol. The number of aryl methyl sites for hydroxylation is 2. The highest BCUT2D eigenvalue weighted by Crippen LogP contribution is 2.29. The summed E-state index contributed by atoms with van der Waals surface area (Å²) in [7, 11) is 0. The zero-order chi connectivity index (χ0) is 11.8. The van der Waals surface area contributed by atoms with Crippen molar-refractivity contribution >= 4 is 34.8 Å². The highest BCUT2D eigenvalue weighted by Gasteiger charge is 2.37. The lowest BCUT2D eigenvalue weighted by molar-refractivity contribution is -0.121. The minimum atomic E-state index is -0.673. The van der Waals surface area contributed by atoms with Crippen LogP contribution in [0.3, 0.4) is 0 Å². The Morgan fingerprint density at radius 3 is 2.47 bits per heavy atom. The molecule has 0 aromatic carbocycles. The number of nitrogens with two attached hydrogens (primary N) is 1. The first-order chi connectivity index (χ1) is 7.51. The van der Waals surface area contributed by atoms with Crippen LogP contribution in [0, 0.1) is 13.8 Å². The van der Waals surface area contributed by atoms with Gasteiger partial charge in [0.2, 0.25) is 5.91 Å². The predicted molar refractivity (Wildman–Crippen MR) is 72.9 cm³/mol. The maximum absolute atomic E-state index is 12.0. The molecule has 1 aromatic rings. The van der Waals surface area contributed by atoms with Crippen molar-refractivity contribution < 1.29 is 4.79 Å². The Bertz CT molecular complexity index is 393. The molecule has 1 amide bonds. The van der Waals surface area contributed by atoms with Crippen LogP contribution < -0.4 is 11.1 Å².